The molecule has 1 rings (SSSR count). The van der Waals surface area contributed by atoms with Crippen LogP contribution in [-0.2, 0) is 9.53 Å². The number of carbonyl (C=O) groups excluding carboxylic acids is 1. The summed E-state index contributed by atoms with van der Waals surface area (Å²) >= 11 is 2.25. The zero-order valence-electron chi connectivity index (χ0n) is 7.92. The van der Waals surface area contributed by atoms with Crippen molar-refractivity contribution in [2.24, 2.45) is 0 Å². The van der Waals surface area contributed by atoms with E-state index < -0.39 is 0 Å². The predicted molar refractivity (Wildman–Crippen MR) is 64.3 cm³/mol. The summed E-state index contributed by atoms with van der Waals surface area (Å²) in [6, 6.07) is 7.94. The molecule has 0 spiro atoms. The lowest BCUT2D eigenvalue weighted by Crippen LogP contribution is -2.10. The summed E-state index contributed by atoms with van der Waals surface area (Å²) in [5, 5.41) is 3.17. The standard InChI is InChI=1S/C10H12INO2/c1-14-10(13)6-7-12-9-5-3-2-4-8(9)11/h2-5,12H,6-7H2,1H3. The summed E-state index contributed by atoms with van der Waals surface area (Å²) in [6.07, 6.45) is 0.390. The quantitative estimate of drug-likeness (QED) is 0.685. The van der Waals surface area contributed by atoms with Crippen LogP contribution in [0.25, 0.3) is 0 Å². The molecule has 0 aliphatic heterocycles. The maximum atomic E-state index is 10.8. The van der Waals surface area contributed by atoms with Crippen molar-refractivity contribution in [2.75, 3.05) is 19.0 Å². The number of methoxy groups -OCH3 is 1. The number of anilines is 1. The molecule has 0 amide bonds. The van der Waals surface area contributed by atoms with Gasteiger partial charge in [-0.2, -0.15) is 0 Å². The average molecular weight is 305 g/mol. The summed E-state index contributed by atoms with van der Waals surface area (Å²) < 4.78 is 5.69. The molecule has 14 heavy (non-hydrogen) atoms. The molecular weight excluding hydrogens is 293 g/mol. The van der Waals surface area contributed by atoms with E-state index in [0.717, 1.165) is 9.26 Å². The third kappa shape index (κ3) is 3.53. The summed E-state index contributed by atoms with van der Waals surface area (Å²) in [4.78, 5) is 10.8. The van der Waals surface area contributed by atoms with Crippen LogP contribution < -0.4 is 5.32 Å². The van der Waals surface area contributed by atoms with E-state index in [1.807, 2.05) is 24.3 Å². The zero-order valence-corrected chi connectivity index (χ0v) is 10.1. The Labute approximate surface area is 97.0 Å². The molecule has 0 radical (unpaired) electrons. The number of nitrogens with one attached hydrogen (secondary N) is 1. The van der Waals surface area contributed by atoms with Gasteiger partial charge < -0.3 is 10.1 Å². The smallest absolute Gasteiger partial charge is 0.307 e. The van der Waals surface area contributed by atoms with Gasteiger partial charge in [0.2, 0.25) is 0 Å². The average Bonchev–Trinajstić information content (AvgIpc) is 2.20. The van der Waals surface area contributed by atoms with Gasteiger partial charge in [0.15, 0.2) is 0 Å². The molecule has 0 aromatic heterocycles. The fraction of sp³-hybridized carbons (Fsp3) is 0.300. The number of esters is 1. The van der Waals surface area contributed by atoms with E-state index in [1.54, 1.807) is 0 Å². The molecular formula is C10H12INO2. The molecule has 1 aromatic rings. The lowest BCUT2D eigenvalue weighted by Gasteiger charge is -2.06. The molecule has 76 valence electrons. The molecule has 1 aromatic carbocycles. The van der Waals surface area contributed by atoms with Crippen LogP contribution in [-0.4, -0.2) is 19.6 Å². The molecule has 1 N–H and O–H groups in total. The van der Waals surface area contributed by atoms with Gasteiger partial charge in [0.25, 0.3) is 0 Å². The Balaban J connectivity index is 2.39. The highest BCUT2D eigenvalue weighted by Gasteiger charge is 2.00. The Hall–Kier alpha value is -0.780. The monoisotopic (exact) mass is 305 g/mol. The summed E-state index contributed by atoms with van der Waals surface area (Å²) in [7, 11) is 1.40. The Kier molecular flexibility index (Phi) is 4.72. The van der Waals surface area contributed by atoms with Crippen LogP contribution in [0.3, 0.4) is 0 Å². The van der Waals surface area contributed by atoms with E-state index in [-0.39, 0.29) is 5.97 Å². The first-order valence-corrected chi connectivity index (χ1v) is 5.37. The van der Waals surface area contributed by atoms with Crippen molar-refractivity contribution in [3.8, 4) is 0 Å². The van der Waals surface area contributed by atoms with E-state index in [0.29, 0.717) is 13.0 Å². The van der Waals surface area contributed by atoms with Crippen molar-refractivity contribution in [3.63, 3.8) is 0 Å². The molecule has 0 bridgehead atoms. The molecule has 0 atom stereocenters. The zero-order chi connectivity index (χ0) is 10.4. The molecule has 0 aliphatic carbocycles. The van der Waals surface area contributed by atoms with Crippen molar-refractivity contribution < 1.29 is 9.53 Å². The van der Waals surface area contributed by atoms with Crippen LogP contribution in [0.5, 0.6) is 0 Å². The normalized spacial score (nSPS) is 9.57. The summed E-state index contributed by atoms with van der Waals surface area (Å²) in [6.45, 7) is 0.604. The second-order valence-electron chi connectivity index (χ2n) is 2.73. The first-order chi connectivity index (χ1) is 6.74. The Morgan fingerprint density at radius 3 is 2.86 bits per heavy atom. The maximum Gasteiger partial charge on any atom is 0.307 e. The summed E-state index contributed by atoms with van der Waals surface area (Å²) in [5.74, 6) is -0.191. The molecule has 3 nitrogen and oxygen atoms in total. The van der Waals surface area contributed by atoms with Gasteiger partial charge >= 0.3 is 5.97 Å². The van der Waals surface area contributed by atoms with Crippen molar-refractivity contribution in [2.45, 2.75) is 6.42 Å². The minimum atomic E-state index is -0.191. The topological polar surface area (TPSA) is 38.3 Å². The van der Waals surface area contributed by atoms with E-state index >= 15 is 0 Å². The highest BCUT2D eigenvalue weighted by molar-refractivity contribution is 14.1. The van der Waals surface area contributed by atoms with Crippen LogP contribution in [0.4, 0.5) is 5.69 Å². The van der Waals surface area contributed by atoms with E-state index in [1.165, 1.54) is 7.11 Å². The Morgan fingerprint density at radius 2 is 2.21 bits per heavy atom. The number of halogens is 1. The maximum absolute atomic E-state index is 10.8. The number of rotatable bonds is 4. The van der Waals surface area contributed by atoms with E-state index in [2.05, 4.69) is 32.6 Å². The second-order valence-corrected chi connectivity index (χ2v) is 3.89. The molecule has 0 unspecified atom stereocenters. The fourth-order valence-corrected chi connectivity index (χ4v) is 1.58. The predicted octanol–water partition coefficient (Wildman–Crippen LogP) is 2.27. The molecule has 0 fully saturated rings. The molecule has 0 aliphatic rings. The van der Waals surface area contributed by atoms with Crippen LogP contribution >= 0.6 is 22.6 Å². The van der Waals surface area contributed by atoms with Gasteiger partial charge in [-0.3, -0.25) is 4.79 Å². The van der Waals surface area contributed by atoms with Crippen molar-refractivity contribution >= 4 is 34.2 Å². The van der Waals surface area contributed by atoms with Gasteiger partial charge in [0.1, 0.15) is 0 Å². The lowest BCUT2D eigenvalue weighted by atomic mass is 10.3. The lowest BCUT2D eigenvalue weighted by molar-refractivity contribution is -0.140. The largest absolute Gasteiger partial charge is 0.469 e. The number of ether oxygens (including phenoxy) is 1. The number of hydrogen-bond acceptors (Lipinski definition) is 3. The number of carbonyl (C=O) groups is 1. The molecule has 4 heteroatoms. The fourth-order valence-electron chi connectivity index (χ4n) is 1.01. The van der Waals surface area contributed by atoms with Gasteiger partial charge in [-0.05, 0) is 34.7 Å². The molecule has 0 heterocycles. The minimum absolute atomic E-state index is 0.191. The highest BCUT2D eigenvalue weighted by atomic mass is 127. The number of hydrogen-bond donors (Lipinski definition) is 1. The number of para-hydroxylation sites is 1. The second kappa shape index (κ2) is 5.85. The summed E-state index contributed by atoms with van der Waals surface area (Å²) in [5.41, 5.74) is 1.05. The molecule has 0 saturated heterocycles. The van der Waals surface area contributed by atoms with Gasteiger partial charge in [-0.25, -0.2) is 0 Å². The van der Waals surface area contributed by atoms with Gasteiger partial charge in [-0.15, -0.1) is 0 Å². The number of benzene rings is 1. The van der Waals surface area contributed by atoms with Crippen LogP contribution in [0.2, 0.25) is 0 Å². The van der Waals surface area contributed by atoms with Crippen LogP contribution in [0.1, 0.15) is 6.42 Å². The van der Waals surface area contributed by atoms with Crippen molar-refractivity contribution in [3.05, 3.63) is 27.8 Å². The van der Waals surface area contributed by atoms with E-state index in [4.69, 9.17) is 0 Å². The van der Waals surface area contributed by atoms with E-state index in [9.17, 15) is 4.79 Å². The highest BCUT2D eigenvalue weighted by Crippen LogP contribution is 2.16. The van der Waals surface area contributed by atoms with Crippen molar-refractivity contribution in [1.82, 2.24) is 0 Å². The Bertz CT molecular complexity index is 315. The minimum Gasteiger partial charge on any atom is -0.469 e. The first kappa shape index (κ1) is 11.3. The third-order valence-electron chi connectivity index (χ3n) is 1.75. The van der Waals surface area contributed by atoms with Gasteiger partial charge in [0, 0.05) is 15.8 Å². The van der Waals surface area contributed by atoms with Crippen LogP contribution in [0.15, 0.2) is 24.3 Å². The molecule has 0 saturated carbocycles. The first-order valence-electron chi connectivity index (χ1n) is 4.29. The third-order valence-corrected chi connectivity index (χ3v) is 2.69. The Morgan fingerprint density at radius 1 is 1.50 bits per heavy atom. The SMILES string of the molecule is COC(=O)CCNc1ccccc1I. The van der Waals surface area contributed by atoms with Crippen LogP contribution in [0, 0.1) is 3.57 Å². The van der Waals surface area contributed by atoms with Crippen molar-refractivity contribution in [1.29, 1.82) is 0 Å². The van der Waals surface area contributed by atoms with Gasteiger partial charge in [-0.1, -0.05) is 12.1 Å². The van der Waals surface area contributed by atoms with Gasteiger partial charge in [0.05, 0.1) is 13.5 Å².